The molecule has 2 aliphatic rings. The monoisotopic (exact) mass is 352 g/mol. The first-order chi connectivity index (χ1) is 12.7. The summed E-state index contributed by atoms with van der Waals surface area (Å²) in [4.78, 5) is 26.9. The Morgan fingerprint density at radius 3 is 2.54 bits per heavy atom. The molecule has 0 radical (unpaired) electrons. The predicted octanol–water partition coefficient (Wildman–Crippen LogP) is 2.50. The van der Waals surface area contributed by atoms with Crippen LogP contribution in [-0.2, 0) is 9.53 Å². The third-order valence-corrected chi connectivity index (χ3v) is 4.63. The van der Waals surface area contributed by atoms with Crippen LogP contribution in [0.2, 0.25) is 0 Å². The Hall–Kier alpha value is -2.86. The molecule has 0 saturated carbocycles. The van der Waals surface area contributed by atoms with Crippen LogP contribution >= 0.6 is 0 Å². The number of morpholine rings is 1. The van der Waals surface area contributed by atoms with Gasteiger partial charge in [-0.2, -0.15) is 0 Å². The Morgan fingerprint density at radius 1 is 1.04 bits per heavy atom. The first-order valence-electron chi connectivity index (χ1n) is 8.73. The van der Waals surface area contributed by atoms with Crippen LogP contribution in [0, 0.1) is 0 Å². The van der Waals surface area contributed by atoms with Crippen LogP contribution < -0.4 is 15.0 Å². The van der Waals surface area contributed by atoms with E-state index in [9.17, 15) is 9.59 Å². The molecular weight excluding hydrogens is 332 g/mol. The molecule has 2 aliphatic heterocycles. The second-order valence-electron chi connectivity index (χ2n) is 6.37. The third-order valence-electron chi connectivity index (χ3n) is 4.63. The number of ketones is 1. The van der Waals surface area contributed by atoms with E-state index in [0.29, 0.717) is 17.0 Å². The minimum Gasteiger partial charge on any atom is -0.479 e. The molecule has 134 valence electrons. The van der Waals surface area contributed by atoms with Crippen molar-refractivity contribution in [2.45, 2.75) is 12.5 Å². The van der Waals surface area contributed by atoms with Gasteiger partial charge in [-0.15, -0.1) is 0 Å². The van der Waals surface area contributed by atoms with E-state index in [-0.39, 0.29) is 18.1 Å². The number of anilines is 2. The van der Waals surface area contributed by atoms with Gasteiger partial charge in [-0.05, 0) is 36.4 Å². The highest BCUT2D eigenvalue weighted by Gasteiger charge is 2.31. The summed E-state index contributed by atoms with van der Waals surface area (Å²) in [7, 11) is 0. The zero-order valence-corrected chi connectivity index (χ0v) is 14.3. The van der Waals surface area contributed by atoms with Gasteiger partial charge in [0, 0.05) is 24.5 Å². The number of carbonyl (C=O) groups excluding carboxylic acids is 2. The van der Waals surface area contributed by atoms with Gasteiger partial charge >= 0.3 is 0 Å². The van der Waals surface area contributed by atoms with Gasteiger partial charge in [0.25, 0.3) is 5.91 Å². The average molecular weight is 352 g/mol. The molecule has 0 aromatic heterocycles. The fourth-order valence-corrected chi connectivity index (χ4v) is 3.22. The highest BCUT2D eigenvalue weighted by Crippen LogP contribution is 2.28. The van der Waals surface area contributed by atoms with E-state index < -0.39 is 6.10 Å². The maximum atomic E-state index is 12.5. The van der Waals surface area contributed by atoms with Gasteiger partial charge in [-0.1, -0.05) is 12.1 Å². The molecule has 4 rings (SSSR count). The first-order valence-corrected chi connectivity index (χ1v) is 8.73. The summed E-state index contributed by atoms with van der Waals surface area (Å²) in [5, 5.41) is 2.83. The number of nitrogens with zero attached hydrogens (tertiary/aromatic N) is 1. The van der Waals surface area contributed by atoms with E-state index in [1.807, 2.05) is 24.3 Å². The number of carbonyl (C=O) groups is 2. The highest BCUT2D eigenvalue weighted by molar-refractivity contribution is 6.05. The Balaban J connectivity index is 1.41. The second-order valence-corrected chi connectivity index (χ2v) is 6.37. The summed E-state index contributed by atoms with van der Waals surface area (Å²) in [6, 6.07) is 14.7. The fraction of sp³-hybridized carbons (Fsp3) is 0.300. The lowest BCUT2D eigenvalue weighted by molar-refractivity contribution is -0.122. The van der Waals surface area contributed by atoms with Crippen LogP contribution in [0.4, 0.5) is 11.4 Å². The van der Waals surface area contributed by atoms with Crippen molar-refractivity contribution in [1.29, 1.82) is 0 Å². The molecule has 1 amide bonds. The van der Waals surface area contributed by atoms with Crippen LogP contribution in [0.15, 0.2) is 48.5 Å². The molecule has 1 fully saturated rings. The molecule has 1 atom stereocenters. The second kappa shape index (κ2) is 7.17. The van der Waals surface area contributed by atoms with Crippen molar-refractivity contribution in [3.63, 3.8) is 0 Å². The average Bonchev–Trinajstić information content (AvgIpc) is 2.69. The molecular formula is C20H20N2O4. The molecule has 26 heavy (non-hydrogen) atoms. The minimum atomic E-state index is -0.809. The minimum absolute atomic E-state index is 0.0503. The summed E-state index contributed by atoms with van der Waals surface area (Å²) in [6.45, 7) is 3.19. The zero-order chi connectivity index (χ0) is 17.9. The quantitative estimate of drug-likeness (QED) is 0.919. The van der Waals surface area contributed by atoms with Crippen molar-refractivity contribution in [3.8, 4) is 5.75 Å². The van der Waals surface area contributed by atoms with E-state index in [1.54, 1.807) is 24.3 Å². The summed E-state index contributed by atoms with van der Waals surface area (Å²) >= 11 is 0. The number of nitrogens with one attached hydrogen (secondary N) is 1. The Morgan fingerprint density at radius 2 is 1.77 bits per heavy atom. The zero-order valence-electron chi connectivity index (χ0n) is 14.3. The van der Waals surface area contributed by atoms with Crippen LogP contribution in [0.25, 0.3) is 0 Å². The molecule has 6 heteroatoms. The maximum Gasteiger partial charge on any atom is 0.265 e. The lowest BCUT2D eigenvalue weighted by atomic mass is 10.0. The molecule has 6 nitrogen and oxygen atoms in total. The van der Waals surface area contributed by atoms with Crippen LogP contribution in [-0.4, -0.2) is 44.1 Å². The van der Waals surface area contributed by atoms with E-state index >= 15 is 0 Å². The van der Waals surface area contributed by atoms with Crippen LogP contribution in [0.5, 0.6) is 5.75 Å². The predicted molar refractivity (Wildman–Crippen MR) is 97.9 cm³/mol. The topological polar surface area (TPSA) is 67.9 Å². The van der Waals surface area contributed by atoms with Gasteiger partial charge < -0.3 is 19.7 Å². The molecule has 0 spiro atoms. The molecule has 0 bridgehead atoms. The number of benzene rings is 2. The smallest absolute Gasteiger partial charge is 0.265 e. The van der Waals surface area contributed by atoms with Gasteiger partial charge in [-0.25, -0.2) is 0 Å². The van der Waals surface area contributed by atoms with E-state index in [1.165, 1.54) is 0 Å². The van der Waals surface area contributed by atoms with Gasteiger partial charge in [0.1, 0.15) is 5.75 Å². The largest absolute Gasteiger partial charge is 0.479 e. The molecule has 1 N–H and O–H groups in total. The third kappa shape index (κ3) is 3.41. The molecule has 1 saturated heterocycles. The Kier molecular flexibility index (Phi) is 4.58. The van der Waals surface area contributed by atoms with Crippen LogP contribution in [0.1, 0.15) is 16.8 Å². The molecule has 0 aliphatic carbocycles. The number of hydrogen-bond acceptors (Lipinski definition) is 5. The summed E-state index contributed by atoms with van der Waals surface area (Å²) < 4.78 is 11.1. The number of hydrogen-bond donors (Lipinski definition) is 1. The highest BCUT2D eigenvalue weighted by atomic mass is 16.5. The van der Waals surface area contributed by atoms with Crippen LogP contribution in [0.3, 0.4) is 0 Å². The number of rotatable bonds is 3. The fourth-order valence-electron chi connectivity index (χ4n) is 3.22. The molecule has 2 aromatic rings. The number of fused-ring (bicyclic) bond motifs is 1. The standard InChI is InChI=1S/C20H20N2O4/c23-17-13-19(26-18-4-2-1-3-16(17)18)20(24)21-14-5-7-15(8-6-14)22-9-11-25-12-10-22/h1-8,19H,9-13H2,(H,21,24). The lowest BCUT2D eigenvalue weighted by Crippen LogP contribution is -2.38. The van der Waals surface area contributed by atoms with Crippen molar-refractivity contribution >= 4 is 23.1 Å². The number of ether oxygens (including phenoxy) is 2. The molecule has 2 aromatic carbocycles. The van der Waals surface area contributed by atoms with Gasteiger partial charge in [0.2, 0.25) is 0 Å². The van der Waals surface area contributed by atoms with Gasteiger partial charge in [-0.3, -0.25) is 9.59 Å². The van der Waals surface area contributed by atoms with E-state index in [0.717, 1.165) is 32.0 Å². The van der Waals surface area contributed by atoms with Gasteiger partial charge in [0.05, 0.1) is 25.2 Å². The maximum absolute atomic E-state index is 12.5. The summed E-state index contributed by atoms with van der Waals surface area (Å²) in [6.07, 6.45) is -0.759. The Labute approximate surface area is 151 Å². The van der Waals surface area contributed by atoms with E-state index in [2.05, 4.69) is 10.2 Å². The van der Waals surface area contributed by atoms with Crippen molar-refractivity contribution in [1.82, 2.24) is 0 Å². The first kappa shape index (κ1) is 16.6. The molecule has 1 unspecified atom stereocenters. The number of Topliss-reactive ketones (excluding diaryl/α,β-unsaturated/α-hetero) is 1. The Bertz CT molecular complexity index is 813. The SMILES string of the molecule is O=C1CC(C(=O)Nc2ccc(N3CCOCC3)cc2)Oc2ccccc21. The molecule has 2 heterocycles. The van der Waals surface area contributed by atoms with Crippen molar-refractivity contribution < 1.29 is 19.1 Å². The van der Waals surface area contributed by atoms with Crippen molar-refractivity contribution in [3.05, 3.63) is 54.1 Å². The normalized spacial score (nSPS) is 19.5. The van der Waals surface area contributed by atoms with E-state index in [4.69, 9.17) is 9.47 Å². The van der Waals surface area contributed by atoms with Crippen molar-refractivity contribution in [2.75, 3.05) is 36.5 Å². The number of amides is 1. The van der Waals surface area contributed by atoms with Gasteiger partial charge in [0.15, 0.2) is 11.9 Å². The lowest BCUT2D eigenvalue weighted by Gasteiger charge is -2.29. The number of para-hydroxylation sites is 1. The summed E-state index contributed by atoms with van der Waals surface area (Å²) in [5.74, 6) is 0.0770. The summed E-state index contributed by atoms with van der Waals surface area (Å²) in [5.41, 5.74) is 2.32. The van der Waals surface area contributed by atoms with Crippen molar-refractivity contribution in [2.24, 2.45) is 0 Å².